The standard InChI is InChI=1S/C16H29N7O/c1-17-16(18-9-13-5-4-8-22(13)2)19-12-6-7-15-20-14(11-24-3)21-23(15)10-12/h12-13H,4-11H2,1-3H3,(H2,17,18,19). The van der Waals surface area contributed by atoms with Crippen LogP contribution in [0.1, 0.15) is 30.9 Å². The predicted octanol–water partition coefficient (Wildman–Crippen LogP) is -0.00150. The first kappa shape index (κ1) is 17.2. The second kappa shape index (κ2) is 7.94. The zero-order valence-electron chi connectivity index (χ0n) is 15.0. The van der Waals surface area contributed by atoms with Crippen LogP contribution in [-0.4, -0.2) is 72.0 Å². The first-order valence-electron chi connectivity index (χ1n) is 8.78. The quantitative estimate of drug-likeness (QED) is 0.582. The van der Waals surface area contributed by atoms with E-state index in [1.54, 1.807) is 7.11 Å². The smallest absolute Gasteiger partial charge is 0.191 e. The van der Waals surface area contributed by atoms with E-state index in [9.17, 15) is 0 Å². The van der Waals surface area contributed by atoms with Crippen molar-refractivity contribution in [3.63, 3.8) is 0 Å². The van der Waals surface area contributed by atoms with Gasteiger partial charge in [-0.3, -0.25) is 4.99 Å². The minimum Gasteiger partial charge on any atom is -0.377 e. The number of ether oxygens (including phenoxy) is 1. The number of nitrogens with one attached hydrogen (secondary N) is 2. The molecule has 134 valence electrons. The van der Waals surface area contributed by atoms with Gasteiger partial charge in [-0.1, -0.05) is 0 Å². The lowest BCUT2D eigenvalue weighted by Gasteiger charge is -2.26. The second-order valence-corrected chi connectivity index (χ2v) is 6.67. The summed E-state index contributed by atoms with van der Waals surface area (Å²) in [4.78, 5) is 11.3. The molecule has 24 heavy (non-hydrogen) atoms. The fourth-order valence-electron chi connectivity index (χ4n) is 3.51. The number of likely N-dealkylation sites (tertiary alicyclic amines) is 1. The number of fused-ring (bicyclic) bond motifs is 1. The lowest BCUT2D eigenvalue weighted by molar-refractivity contribution is 0.177. The number of nitrogens with zero attached hydrogens (tertiary/aromatic N) is 5. The van der Waals surface area contributed by atoms with Gasteiger partial charge in [-0.15, -0.1) is 0 Å². The van der Waals surface area contributed by atoms with Crippen LogP contribution in [0, 0.1) is 0 Å². The highest BCUT2D eigenvalue weighted by molar-refractivity contribution is 5.80. The van der Waals surface area contributed by atoms with Crippen LogP contribution in [0.25, 0.3) is 0 Å². The summed E-state index contributed by atoms with van der Waals surface area (Å²) < 4.78 is 7.11. The fraction of sp³-hybridized carbons (Fsp3) is 0.812. The van der Waals surface area contributed by atoms with E-state index in [4.69, 9.17) is 4.74 Å². The molecule has 2 atom stereocenters. The number of aromatic nitrogens is 3. The monoisotopic (exact) mass is 335 g/mol. The molecule has 3 heterocycles. The third-order valence-electron chi connectivity index (χ3n) is 4.92. The van der Waals surface area contributed by atoms with Crippen LogP contribution >= 0.6 is 0 Å². The predicted molar refractivity (Wildman–Crippen MR) is 93.0 cm³/mol. The summed E-state index contributed by atoms with van der Waals surface area (Å²) in [7, 11) is 5.69. The molecule has 0 radical (unpaired) electrons. The summed E-state index contributed by atoms with van der Waals surface area (Å²) >= 11 is 0. The van der Waals surface area contributed by atoms with Crippen LogP contribution in [0.15, 0.2) is 4.99 Å². The molecule has 3 rings (SSSR count). The van der Waals surface area contributed by atoms with Crippen LogP contribution in [-0.2, 0) is 24.3 Å². The fourth-order valence-corrected chi connectivity index (χ4v) is 3.51. The molecule has 8 nitrogen and oxygen atoms in total. The van der Waals surface area contributed by atoms with Crippen molar-refractivity contribution in [2.75, 3.05) is 34.3 Å². The van der Waals surface area contributed by atoms with Gasteiger partial charge in [0.25, 0.3) is 0 Å². The Labute approximate surface area is 143 Å². The molecule has 0 amide bonds. The third-order valence-corrected chi connectivity index (χ3v) is 4.92. The molecule has 0 spiro atoms. The van der Waals surface area contributed by atoms with Crippen molar-refractivity contribution >= 4 is 5.96 Å². The van der Waals surface area contributed by atoms with E-state index >= 15 is 0 Å². The van der Waals surface area contributed by atoms with Gasteiger partial charge < -0.3 is 20.3 Å². The summed E-state index contributed by atoms with van der Waals surface area (Å²) in [6.07, 6.45) is 4.51. The van der Waals surface area contributed by atoms with E-state index in [2.05, 4.69) is 37.7 Å². The van der Waals surface area contributed by atoms with Gasteiger partial charge >= 0.3 is 0 Å². The highest BCUT2D eigenvalue weighted by Gasteiger charge is 2.24. The highest BCUT2D eigenvalue weighted by atomic mass is 16.5. The third kappa shape index (κ3) is 4.05. The molecule has 0 bridgehead atoms. The Bertz CT molecular complexity index is 571. The molecule has 0 saturated carbocycles. The first-order valence-corrected chi connectivity index (χ1v) is 8.78. The summed E-state index contributed by atoms with van der Waals surface area (Å²) in [5.41, 5.74) is 0. The van der Waals surface area contributed by atoms with Gasteiger partial charge in [0.05, 0.1) is 6.54 Å². The van der Waals surface area contributed by atoms with Crippen LogP contribution in [0.4, 0.5) is 0 Å². The van der Waals surface area contributed by atoms with Crippen LogP contribution in [0.5, 0.6) is 0 Å². The van der Waals surface area contributed by atoms with Crippen LogP contribution in [0.2, 0.25) is 0 Å². The summed E-state index contributed by atoms with van der Waals surface area (Å²) in [6, 6.07) is 0.926. The Hall–Kier alpha value is -1.67. The Morgan fingerprint density at radius 3 is 3.00 bits per heavy atom. The molecule has 0 aromatic carbocycles. The van der Waals surface area contributed by atoms with Crippen LogP contribution < -0.4 is 10.6 Å². The highest BCUT2D eigenvalue weighted by Crippen LogP contribution is 2.14. The molecule has 2 aliphatic heterocycles. The summed E-state index contributed by atoms with van der Waals surface area (Å²) in [6.45, 7) is 3.42. The summed E-state index contributed by atoms with van der Waals surface area (Å²) in [5.74, 6) is 2.69. The number of aliphatic imine (C=N–C) groups is 1. The average molecular weight is 335 g/mol. The van der Waals surface area contributed by atoms with Gasteiger partial charge in [-0.05, 0) is 32.9 Å². The number of hydrogen-bond donors (Lipinski definition) is 2. The number of hydrogen-bond acceptors (Lipinski definition) is 5. The van der Waals surface area contributed by atoms with Crippen LogP contribution in [0.3, 0.4) is 0 Å². The minimum absolute atomic E-state index is 0.321. The number of guanidine groups is 1. The van der Waals surface area contributed by atoms with Crippen molar-refractivity contribution in [3.8, 4) is 0 Å². The van der Waals surface area contributed by atoms with Crippen molar-refractivity contribution in [2.24, 2.45) is 4.99 Å². The molecule has 1 saturated heterocycles. The molecular weight excluding hydrogens is 306 g/mol. The van der Waals surface area contributed by atoms with E-state index < -0.39 is 0 Å². The van der Waals surface area contributed by atoms with E-state index in [-0.39, 0.29) is 0 Å². The van der Waals surface area contributed by atoms with Gasteiger partial charge in [-0.25, -0.2) is 9.67 Å². The minimum atomic E-state index is 0.321. The maximum Gasteiger partial charge on any atom is 0.191 e. The van der Waals surface area contributed by atoms with Gasteiger partial charge in [0, 0.05) is 39.2 Å². The van der Waals surface area contributed by atoms with Crippen molar-refractivity contribution in [3.05, 3.63) is 11.6 Å². The van der Waals surface area contributed by atoms with Crippen molar-refractivity contribution < 1.29 is 4.74 Å². The molecule has 1 fully saturated rings. The average Bonchev–Trinajstić information content (AvgIpc) is 3.16. The normalized spacial score (nSPS) is 24.9. The van der Waals surface area contributed by atoms with Crippen molar-refractivity contribution in [1.29, 1.82) is 0 Å². The van der Waals surface area contributed by atoms with Gasteiger partial charge in [0.2, 0.25) is 0 Å². The number of methoxy groups -OCH3 is 1. The Kier molecular flexibility index (Phi) is 5.68. The second-order valence-electron chi connectivity index (χ2n) is 6.67. The Balaban J connectivity index is 1.51. The molecule has 2 unspecified atom stereocenters. The molecular formula is C16H29N7O. The Morgan fingerprint density at radius 2 is 2.29 bits per heavy atom. The van der Waals surface area contributed by atoms with E-state index in [0.29, 0.717) is 18.7 Å². The molecule has 8 heteroatoms. The number of likely N-dealkylation sites (N-methyl/N-ethyl adjacent to an activating group) is 1. The van der Waals surface area contributed by atoms with Gasteiger partial charge in [-0.2, -0.15) is 5.10 Å². The molecule has 1 aromatic rings. The van der Waals surface area contributed by atoms with E-state index in [1.165, 1.54) is 19.4 Å². The maximum absolute atomic E-state index is 5.12. The number of aryl methyl sites for hydroxylation is 1. The zero-order valence-corrected chi connectivity index (χ0v) is 15.0. The van der Waals surface area contributed by atoms with E-state index in [1.807, 2.05) is 11.7 Å². The SMILES string of the molecule is CN=C(NCC1CCCN1C)NC1CCc2nc(COC)nn2C1. The lowest BCUT2D eigenvalue weighted by Crippen LogP contribution is -2.49. The Morgan fingerprint density at radius 1 is 1.42 bits per heavy atom. The van der Waals surface area contributed by atoms with Gasteiger partial charge in [0.1, 0.15) is 12.4 Å². The van der Waals surface area contributed by atoms with E-state index in [0.717, 1.165) is 43.5 Å². The molecule has 2 N–H and O–H groups in total. The lowest BCUT2D eigenvalue weighted by atomic mass is 10.1. The summed E-state index contributed by atoms with van der Waals surface area (Å²) in [5, 5.41) is 11.5. The molecule has 0 aliphatic carbocycles. The molecule has 2 aliphatic rings. The zero-order chi connectivity index (χ0) is 16.9. The van der Waals surface area contributed by atoms with Gasteiger partial charge in [0.15, 0.2) is 11.8 Å². The maximum atomic E-state index is 5.12. The largest absolute Gasteiger partial charge is 0.377 e. The van der Waals surface area contributed by atoms with Crippen molar-refractivity contribution in [1.82, 2.24) is 30.3 Å². The topological polar surface area (TPSA) is 79.6 Å². The molecule has 1 aromatic heterocycles. The number of rotatable bonds is 5. The first-order chi connectivity index (χ1) is 11.7. The van der Waals surface area contributed by atoms with Crippen molar-refractivity contribution in [2.45, 2.75) is 50.9 Å².